The molecule has 5 nitrogen and oxygen atoms in total. The van der Waals surface area contributed by atoms with Crippen LogP contribution in [0.1, 0.15) is 26.0 Å². The van der Waals surface area contributed by atoms with Gasteiger partial charge in [-0.1, -0.05) is 17.0 Å². The first-order valence-corrected chi connectivity index (χ1v) is 6.52. The van der Waals surface area contributed by atoms with Crippen molar-refractivity contribution in [2.45, 2.75) is 20.3 Å². The summed E-state index contributed by atoms with van der Waals surface area (Å²) in [5.74, 6) is 0.0454. The third kappa shape index (κ3) is 1.70. The summed E-state index contributed by atoms with van der Waals surface area (Å²) >= 11 is 0. The van der Waals surface area contributed by atoms with Crippen LogP contribution in [-0.4, -0.2) is 10.7 Å². The van der Waals surface area contributed by atoms with Crippen molar-refractivity contribution >= 4 is 22.6 Å². The first-order chi connectivity index (χ1) is 9.42. The minimum absolute atomic E-state index is 0.303. The van der Waals surface area contributed by atoms with Crippen molar-refractivity contribution in [3.05, 3.63) is 41.2 Å². The summed E-state index contributed by atoms with van der Waals surface area (Å²) in [5.41, 5.74) is 0.660. The van der Waals surface area contributed by atoms with Crippen molar-refractivity contribution in [1.82, 2.24) is 4.68 Å². The lowest BCUT2D eigenvalue weighted by Crippen LogP contribution is -2.40. The molecule has 0 fully saturated rings. The summed E-state index contributed by atoms with van der Waals surface area (Å²) in [6.45, 7) is 3.66. The van der Waals surface area contributed by atoms with Gasteiger partial charge in [0.05, 0.1) is 17.8 Å². The van der Waals surface area contributed by atoms with Crippen LogP contribution in [0.4, 0.5) is 0 Å². The SMILES string of the molecule is Cn1c2ccccc2c(C2=CCC(C)(C)C(=O)O2)[n+]1[O-]. The van der Waals surface area contributed by atoms with E-state index in [1.807, 2.05) is 44.2 Å². The lowest BCUT2D eigenvalue weighted by molar-refractivity contribution is -0.691. The molecule has 2 heterocycles. The van der Waals surface area contributed by atoms with Gasteiger partial charge in [-0.25, -0.2) is 0 Å². The Labute approximate surface area is 116 Å². The lowest BCUT2D eigenvalue weighted by Gasteiger charge is -2.25. The van der Waals surface area contributed by atoms with Crippen LogP contribution < -0.4 is 4.85 Å². The monoisotopic (exact) mass is 272 g/mol. The molecule has 0 saturated carbocycles. The van der Waals surface area contributed by atoms with E-state index in [9.17, 15) is 10.0 Å². The van der Waals surface area contributed by atoms with Crippen molar-refractivity contribution in [3.63, 3.8) is 0 Å². The zero-order valence-corrected chi connectivity index (χ0v) is 11.7. The number of aryl methyl sites for hydroxylation is 1. The normalized spacial score (nSPS) is 17.9. The fourth-order valence-electron chi connectivity index (χ4n) is 2.39. The third-order valence-electron chi connectivity index (χ3n) is 3.76. The zero-order chi connectivity index (χ0) is 14.5. The molecule has 0 aliphatic carbocycles. The van der Waals surface area contributed by atoms with E-state index in [0.29, 0.717) is 17.9 Å². The molecule has 5 heteroatoms. The van der Waals surface area contributed by atoms with Crippen molar-refractivity contribution in [3.8, 4) is 0 Å². The molecule has 0 radical (unpaired) electrons. The van der Waals surface area contributed by atoms with Gasteiger partial charge in [-0.2, -0.15) is 0 Å². The lowest BCUT2D eigenvalue weighted by atomic mass is 9.87. The van der Waals surface area contributed by atoms with E-state index in [1.165, 1.54) is 4.68 Å². The largest absolute Gasteiger partial charge is 0.595 e. The molecular weight excluding hydrogens is 256 g/mol. The molecule has 3 rings (SSSR count). The molecular formula is C15H16N2O3. The molecule has 0 saturated heterocycles. The molecule has 104 valence electrons. The Morgan fingerprint density at radius 2 is 2.05 bits per heavy atom. The molecule has 20 heavy (non-hydrogen) atoms. The second-order valence-electron chi connectivity index (χ2n) is 5.71. The highest BCUT2D eigenvalue weighted by Gasteiger charge is 2.37. The second-order valence-corrected chi connectivity index (χ2v) is 5.71. The quantitative estimate of drug-likeness (QED) is 0.454. The van der Waals surface area contributed by atoms with Crippen molar-refractivity contribution in [2.24, 2.45) is 12.5 Å². The summed E-state index contributed by atoms with van der Waals surface area (Å²) in [5, 5.41) is 13.1. The number of allylic oxidation sites excluding steroid dienone is 1. The molecule has 0 unspecified atom stereocenters. The van der Waals surface area contributed by atoms with Gasteiger partial charge in [-0.3, -0.25) is 4.79 Å². The molecule has 1 aliphatic heterocycles. The molecule has 1 aromatic carbocycles. The van der Waals surface area contributed by atoms with Crippen LogP contribution in [0.25, 0.3) is 16.7 Å². The molecule has 0 spiro atoms. The molecule has 0 bridgehead atoms. The van der Waals surface area contributed by atoms with Crippen molar-refractivity contribution in [2.75, 3.05) is 0 Å². The smallest absolute Gasteiger partial charge is 0.317 e. The Balaban J connectivity index is 2.19. The average Bonchev–Trinajstić information content (AvgIpc) is 2.67. The number of rotatable bonds is 1. The maximum absolute atomic E-state index is 12.3. The van der Waals surface area contributed by atoms with Gasteiger partial charge in [-0.05, 0) is 38.5 Å². The van der Waals surface area contributed by atoms with Gasteiger partial charge in [0, 0.05) is 0 Å². The number of benzene rings is 1. The molecule has 0 amide bonds. The number of esters is 1. The van der Waals surface area contributed by atoms with Gasteiger partial charge in [0.1, 0.15) is 5.52 Å². The number of ether oxygens (including phenoxy) is 1. The molecule has 2 aromatic rings. The Bertz CT molecular complexity index is 741. The van der Waals surface area contributed by atoms with E-state index < -0.39 is 5.41 Å². The van der Waals surface area contributed by atoms with Gasteiger partial charge in [0.2, 0.25) is 5.76 Å². The number of para-hydroxylation sites is 1. The summed E-state index contributed by atoms with van der Waals surface area (Å²) in [6.07, 6.45) is 2.38. The van der Waals surface area contributed by atoms with E-state index in [0.717, 1.165) is 15.7 Å². The fourth-order valence-corrected chi connectivity index (χ4v) is 2.39. The predicted octanol–water partition coefficient (Wildman–Crippen LogP) is 2.13. The Morgan fingerprint density at radius 1 is 1.35 bits per heavy atom. The molecule has 0 atom stereocenters. The van der Waals surface area contributed by atoms with Crippen LogP contribution in [-0.2, 0) is 16.6 Å². The van der Waals surface area contributed by atoms with Crippen LogP contribution in [0.5, 0.6) is 0 Å². The summed E-state index contributed by atoms with van der Waals surface area (Å²) in [7, 11) is 1.69. The summed E-state index contributed by atoms with van der Waals surface area (Å²) in [6, 6.07) is 7.45. The molecule has 0 N–H and O–H groups in total. The fraction of sp³-hybridized carbons (Fsp3) is 0.333. The number of hydrogen-bond donors (Lipinski definition) is 0. The number of nitrogens with zero attached hydrogens (tertiary/aromatic N) is 2. The highest BCUT2D eigenvalue weighted by atomic mass is 16.5. The number of fused-ring (bicyclic) bond motifs is 1. The number of carbonyl (C=O) groups excluding carboxylic acids is 1. The van der Waals surface area contributed by atoms with Gasteiger partial charge in [-0.15, -0.1) is 4.68 Å². The van der Waals surface area contributed by atoms with E-state index in [4.69, 9.17) is 4.74 Å². The zero-order valence-electron chi connectivity index (χ0n) is 11.7. The second kappa shape index (κ2) is 4.10. The summed E-state index contributed by atoms with van der Waals surface area (Å²) < 4.78 is 6.88. The highest BCUT2D eigenvalue weighted by molar-refractivity contribution is 5.92. The van der Waals surface area contributed by atoms with Gasteiger partial charge < -0.3 is 9.94 Å². The van der Waals surface area contributed by atoms with E-state index in [2.05, 4.69) is 0 Å². The van der Waals surface area contributed by atoms with Crippen LogP contribution in [0.2, 0.25) is 0 Å². The molecule has 1 aliphatic rings. The van der Waals surface area contributed by atoms with Crippen LogP contribution >= 0.6 is 0 Å². The Hall–Kier alpha value is -2.30. The van der Waals surface area contributed by atoms with E-state index in [-0.39, 0.29) is 5.97 Å². The standard InChI is InChI=1S/C15H16N2O3/c1-15(2)9-8-12(20-14(15)18)13-10-6-4-5-7-11(10)16(3)17(13)19/h4-8H,9H2,1-3H3. The van der Waals surface area contributed by atoms with Gasteiger partial charge >= 0.3 is 5.97 Å². The Morgan fingerprint density at radius 3 is 2.75 bits per heavy atom. The van der Waals surface area contributed by atoms with E-state index >= 15 is 0 Å². The van der Waals surface area contributed by atoms with Crippen LogP contribution in [0, 0.1) is 10.6 Å². The minimum atomic E-state index is -0.540. The van der Waals surface area contributed by atoms with Gasteiger partial charge in [0.25, 0.3) is 5.69 Å². The van der Waals surface area contributed by atoms with Crippen LogP contribution in [0.15, 0.2) is 30.3 Å². The van der Waals surface area contributed by atoms with Crippen molar-refractivity contribution < 1.29 is 14.4 Å². The van der Waals surface area contributed by atoms with E-state index in [1.54, 1.807) is 7.05 Å². The van der Waals surface area contributed by atoms with Crippen molar-refractivity contribution in [1.29, 1.82) is 0 Å². The third-order valence-corrected chi connectivity index (χ3v) is 3.76. The number of aromatic nitrogens is 2. The first kappa shape index (κ1) is 12.7. The number of carbonyl (C=O) groups is 1. The summed E-state index contributed by atoms with van der Waals surface area (Å²) in [4.78, 5) is 12.7. The average molecular weight is 272 g/mol. The maximum Gasteiger partial charge on any atom is 0.317 e. The predicted molar refractivity (Wildman–Crippen MR) is 74.3 cm³/mol. The Kier molecular flexibility index (Phi) is 2.61. The molecule has 1 aromatic heterocycles. The number of cyclic esters (lactones) is 1. The first-order valence-electron chi connectivity index (χ1n) is 6.52. The minimum Gasteiger partial charge on any atom is -0.595 e. The highest BCUT2D eigenvalue weighted by Crippen LogP contribution is 2.34. The number of hydrogen-bond acceptors (Lipinski definition) is 3. The topological polar surface area (TPSA) is 58.2 Å². The van der Waals surface area contributed by atoms with Crippen LogP contribution in [0.3, 0.4) is 0 Å². The van der Waals surface area contributed by atoms with Gasteiger partial charge in [0.15, 0.2) is 0 Å². The maximum atomic E-state index is 12.3.